The number of rotatable bonds is 7. The Balaban J connectivity index is 1.04. The molecule has 166 valence electrons. The van der Waals surface area contributed by atoms with Crippen molar-refractivity contribution in [3.8, 4) is 0 Å². The average molecular weight is 417 g/mol. The summed E-state index contributed by atoms with van der Waals surface area (Å²) in [5, 5.41) is 0. The minimum absolute atomic E-state index is 0.0335. The van der Waals surface area contributed by atoms with Crippen molar-refractivity contribution < 1.29 is 23.8 Å². The fraction of sp³-hybridized carbons (Fsp3) is 0.920. The highest BCUT2D eigenvalue weighted by Gasteiger charge is 2.66. The molecule has 11 atom stereocenters. The molecule has 0 aromatic heterocycles. The second-order valence-corrected chi connectivity index (χ2v) is 11.3. The van der Waals surface area contributed by atoms with E-state index in [4.69, 9.17) is 14.2 Å². The average Bonchev–Trinajstić information content (AvgIpc) is 3.54. The first-order valence-corrected chi connectivity index (χ1v) is 12.6. The van der Waals surface area contributed by atoms with E-state index in [0.717, 1.165) is 37.5 Å². The summed E-state index contributed by atoms with van der Waals surface area (Å²) in [5.74, 6) is 5.09. The zero-order valence-corrected chi connectivity index (χ0v) is 18.2. The molecule has 6 rings (SSSR count). The summed E-state index contributed by atoms with van der Waals surface area (Å²) in [6, 6.07) is 0. The van der Waals surface area contributed by atoms with Crippen LogP contribution in [-0.4, -0.2) is 30.9 Å². The topological polar surface area (TPSA) is 61.8 Å². The van der Waals surface area contributed by atoms with E-state index in [1.54, 1.807) is 0 Å². The van der Waals surface area contributed by atoms with Crippen LogP contribution in [0.5, 0.6) is 0 Å². The fourth-order valence-electron chi connectivity index (χ4n) is 9.06. The molecule has 6 saturated carbocycles. The zero-order valence-electron chi connectivity index (χ0n) is 18.2. The first-order valence-electron chi connectivity index (χ1n) is 12.6. The highest BCUT2D eigenvalue weighted by molar-refractivity contribution is 5.73. The van der Waals surface area contributed by atoms with Crippen molar-refractivity contribution in [3.05, 3.63) is 0 Å². The molecule has 6 aliphatic rings. The van der Waals surface area contributed by atoms with E-state index in [0.29, 0.717) is 48.0 Å². The second-order valence-electron chi connectivity index (χ2n) is 11.3. The highest BCUT2D eigenvalue weighted by Crippen LogP contribution is 2.69. The number of carbonyl (C=O) groups excluding carboxylic acids is 2. The third-order valence-corrected chi connectivity index (χ3v) is 9.95. The molecular formula is C25H36O5. The third kappa shape index (κ3) is 3.05. The van der Waals surface area contributed by atoms with Crippen molar-refractivity contribution in [2.45, 2.75) is 83.3 Å². The van der Waals surface area contributed by atoms with Gasteiger partial charge in [-0.15, -0.1) is 0 Å². The fourth-order valence-corrected chi connectivity index (χ4v) is 9.06. The molecule has 0 aromatic rings. The Kier molecular flexibility index (Phi) is 4.89. The summed E-state index contributed by atoms with van der Waals surface area (Å²) in [5.41, 5.74) is 0. The zero-order chi connectivity index (χ0) is 20.4. The van der Waals surface area contributed by atoms with Gasteiger partial charge in [0.25, 0.3) is 0 Å². The van der Waals surface area contributed by atoms with Gasteiger partial charge in [-0.1, -0.05) is 6.92 Å². The van der Waals surface area contributed by atoms with Crippen LogP contribution < -0.4 is 0 Å². The molecule has 0 aromatic carbocycles. The second kappa shape index (κ2) is 7.50. The van der Waals surface area contributed by atoms with E-state index < -0.39 is 0 Å². The summed E-state index contributed by atoms with van der Waals surface area (Å²) in [6.45, 7) is 2.16. The molecule has 0 N–H and O–H groups in total. The van der Waals surface area contributed by atoms with Crippen LogP contribution in [0.15, 0.2) is 0 Å². The maximum atomic E-state index is 12.9. The maximum Gasteiger partial charge on any atom is 0.311 e. The summed E-state index contributed by atoms with van der Waals surface area (Å²) in [6.07, 6.45) is 11.3. The van der Waals surface area contributed by atoms with Crippen molar-refractivity contribution in [2.75, 3.05) is 6.79 Å². The summed E-state index contributed by atoms with van der Waals surface area (Å²) in [4.78, 5) is 25.0. The Morgan fingerprint density at radius 3 is 2.43 bits per heavy atom. The third-order valence-electron chi connectivity index (χ3n) is 9.95. The lowest BCUT2D eigenvalue weighted by atomic mass is 9.67. The monoisotopic (exact) mass is 416 g/mol. The van der Waals surface area contributed by atoms with E-state index in [9.17, 15) is 9.59 Å². The van der Waals surface area contributed by atoms with Crippen LogP contribution >= 0.6 is 0 Å². The van der Waals surface area contributed by atoms with Gasteiger partial charge >= 0.3 is 11.9 Å². The molecule has 0 heterocycles. The minimum Gasteiger partial charge on any atom is -0.462 e. The Bertz CT molecular complexity index is 706. The van der Waals surface area contributed by atoms with Crippen LogP contribution in [0, 0.1) is 53.3 Å². The van der Waals surface area contributed by atoms with Crippen molar-refractivity contribution >= 4 is 11.9 Å². The van der Waals surface area contributed by atoms with Gasteiger partial charge in [-0.25, -0.2) is 0 Å². The number of fused-ring (bicyclic) bond motifs is 11. The van der Waals surface area contributed by atoms with E-state index in [-0.39, 0.29) is 30.8 Å². The maximum absolute atomic E-state index is 12.9. The van der Waals surface area contributed by atoms with Gasteiger partial charge in [0.15, 0.2) is 6.79 Å². The van der Waals surface area contributed by atoms with Crippen LogP contribution in [-0.2, 0) is 23.8 Å². The van der Waals surface area contributed by atoms with Gasteiger partial charge in [-0.3, -0.25) is 9.59 Å². The standard InChI is InChI=1S/C25H36O5/c1-2-3-22(26)30-21-11-16-10-19(21)24-17-8-15(23(16)24)9-18(17)25(27)29-12-28-20-7-13-4-5-14(20)6-13/h13-21,23-24H,2-12H2,1H3. The Morgan fingerprint density at radius 2 is 1.67 bits per heavy atom. The smallest absolute Gasteiger partial charge is 0.311 e. The van der Waals surface area contributed by atoms with E-state index >= 15 is 0 Å². The normalized spacial score (nSPS) is 49.6. The lowest BCUT2D eigenvalue weighted by molar-refractivity contribution is -0.172. The largest absolute Gasteiger partial charge is 0.462 e. The molecular weight excluding hydrogens is 380 g/mol. The van der Waals surface area contributed by atoms with Gasteiger partial charge in [0.05, 0.1) is 12.0 Å². The SMILES string of the molecule is CCCC(=O)OC1CC2CC1C1C3CC(CC3C(=O)OCOC3CC4CCC3C4)C21. The number of hydrogen-bond acceptors (Lipinski definition) is 5. The molecule has 5 heteroatoms. The molecule has 30 heavy (non-hydrogen) atoms. The van der Waals surface area contributed by atoms with Crippen molar-refractivity contribution in [3.63, 3.8) is 0 Å². The molecule has 0 saturated heterocycles. The molecule has 6 aliphatic carbocycles. The number of ether oxygens (including phenoxy) is 3. The number of esters is 2. The molecule has 6 bridgehead atoms. The van der Waals surface area contributed by atoms with Gasteiger partial charge < -0.3 is 14.2 Å². The molecule has 5 nitrogen and oxygen atoms in total. The van der Waals surface area contributed by atoms with Gasteiger partial charge in [0.1, 0.15) is 6.10 Å². The summed E-state index contributed by atoms with van der Waals surface area (Å²) < 4.78 is 17.5. The van der Waals surface area contributed by atoms with Gasteiger partial charge in [0, 0.05) is 6.42 Å². The van der Waals surface area contributed by atoms with Gasteiger partial charge in [0.2, 0.25) is 0 Å². The first-order chi connectivity index (χ1) is 14.6. The predicted octanol–water partition coefficient (Wildman–Crippen LogP) is 4.33. The van der Waals surface area contributed by atoms with Gasteiger partial charge in [-0.2, -0.15) is 0 Å². The molecule has 0 radical (unpaired) electrons. The Labute approximate surface area is 179 Å². The predicted molar refractivity (Wildman–Crippen MR) is 109 cm³/mol. The Morgan fingerprint density at radius 1 is 0.833 bits per heavy atom. The molecule has 11 unspecified atom stereocenters. The van der Waals surface area contributed by atoms with Gasteiger partial charge in [-0.05, 0) is 105 Å². The van der Waals surface area contributed by atoms with Crippen molar-refractivity contribution in [1.82, 2.24) is 0 Å². The molecule has 0 spiro atoms. The summed E-state index contributed by atoms with van der Waals surface area (Å²) >= 11 is 0. The van der Waals surface area contributed by atoms with Crippen LogP contribution in [0.25, 0.3) is 0 Å². The van der Waals surface area contributed by atoms with E-state index in [1.807, 2.05) is 6.92 Å². The first kappa shape index (κ1) is 19.6. The Hall–Kier alpha value is -1.10. The molecule has 0 amide bonds. The molecule has 0 aliphatic heterocycles. The van der Waals surface area contributed by atoms with Crippen LogP contribution in [0.3, 0.4) is 0 Å². The van der Waals surface area contributed by atoms with Crippen LogP contribution in [0.2, 0.25) is 0 Å². The lowest BCUT2D eigenvalue weighted by Gasteiger charge is -2.40. The van der Waals surface area contributed by atoms with E-state index in [1.165, 1.54) is 32.1 Å². The number of hydrogen-bond donors (Lipinski definition) is 0. The van der Waals surface area contributed by atoms with E-state index in [2.05, 4.69) is 0 Å². The number of carbonyl (C=O) groups is 2. The summed E-state index contributed by atoms with van der Waals surface area (Å²) in [7, 11) is 0. The van der Waals surface area contributed by atoms with Crippen molar-refractivity contribution in [1.29, 1.82) is 0 Å². The van der Waals surface area contributed by atoms with Crippen LogP contribution in [0.4, 0.5) is 0 Å². The van der Waals surface area contributed by atoms with Crippen LogP contribution in [0.1, 0.15) is 71.1 Å². The minimum atomic E-state index is -0.0384. The quantitative estimate of drug-likeness (QED) is 0.351. The lowest BCUT2D eigenvalue weighted by Crippen LogP contribution is -2.41. The highest BCUT2D eigenvalue weighted by atomic mass is 16.7. The molecule has 6 fully saturated rings. The van der Waals surface area contributed by atoms with Crippen molar-refractivity contribution in [2.24, 2.45) is 53.3 Å².